The highest BCUT2D eigenvalue weighted by atomic mass is 16.5. The number of hydrogen-bond donors (Lipinski definition) is 1. The van der Waals surface area contributed by atoms with Crippen molar-refractivity contribution in [2.45, 2.75) is 47.3 Å². The monoisotopic (exact) mass is 429 g/mol. The van der Waals surface area contributed by atoms with Crippen molar-refractivity contribution >= 4 is 17.1 Å². The molecule has 4 aromatic rings. The molecule has 0 bridgehead atoms. The number of aromatic carboxylic acids is 1. The molecule has 32 heavy (non-hydrogen) atoms. The van der Waals surface area contributed by atoms with Gasteiger partial charge < -0.3 is 14.4 Å². The number of nitrogens with zero attached hydrogens (tertiary/aromatic N) is 3. The van der Waals surface area contributed by atoms with E-state index in [-0.39, 0.29) is 0 Å². The maximum absolute atomic E-state index is 11.3. The first-order chi connectivity index (χ1) is 15.4. The molecule has 2 aromatic carbocycles. The van der Waals surface area contributed by atoms with E-state index in [0.29, 0.717) is 18.7 Å². The van der Waals surface area contributed by atoms with Gasteiger partial charge in [-0.3, -0.25) is 0 Å². The van der Waals surface area contributed by atoms with Crippen LogP contribution < -0.4 is 4.74 Å². The second-order valence-corrected chi connectivity index (χ2v) is 8.05. The molecule has 2 aromatic heterocycles. The van der Waals surface area contributed by atoms with Gasteiger partial charge in [-0.05, 0) is 67.3 Å². The van der Waals surface area contributed by atoms with Crippen molar-refractivity contribution < 1.29 is 14.6 Å². The maximum Gasteiger partial charge on any atom is 0.335 e. The Morgan fingerprint density at radius 2 is 1.81 bits per heavy atom. The Labute approximate surface area is 187 Å². The van der Waals surface area contributed by atoms with Crippen LogP contribution in [0.5, 0.6) is 5.75 Å². The van der Waals surface area contributed by atoms with E-state index in [1.807, 2.05) is 44.2 Å². The standard InChI is InChI=1S/C26H27N3O3/c1-5-23-28-24-16(2)13-17(3)27-25(24)29(23)14-19-9-11-21(12-10-19)32-15-20-7-6-8-22(18(20)4)26(30)31/h6-13H,5,14-15H2,1-4H3,(H,30,31). The number of rotatable bonds is 7. The van der Waals surface area contributed by atoms with Crippen molar-refractivity contribution in [1.29, 1.82) is 0 Å². The number of aryl methyl sites for hydroxylation is 3. The third-order valence-electron chi connectivity index (χ3n) is 5.75. The number of hydrogen-bond acceptors (Lipinski definition) is 4. The molecule has 0 spiro atoms. The number of carboxylic acid groups (broad SMARTS) is 1. The molecule has 0 unspecified atom stereocenters. The molecule has 0 radical (unpaired) electrons. The Morgan fingerprint density at radius 1 is 1.06 bits per heavy atom. The summed E-state index contributed by atoms with van der Waals surface area (Å²) in [7, 11) is 0. The van der Waals surface area contributed by atoms with Crippen LogP contribution in [-0.2, 0) is 19.6 Å². The topological polar surface area (TPSA) is 77.2 Å². The fourth-order valence-electron chi connectivity index (χ4n) is 3.99. The summed E-state index contributed by atoms with van der Waals surface area (Å²) in [4.78, 5) is 20.9. The lowest BCUT2D eigenvalue weighted by Crippen LogP contribution is -2.06. The molecule has 0 aliphatic rings. The van der Waals surface area contributed by atoms with Crippen LogP contribution in [0.4, 0.5) is 0 Å². The number of ether oxygens (including phenoxy) is 1. The van der Waals surface area contributed by atoms with Gasteiger partial charge in [0.15, 0.2) is 5.65 Å². The van der Waals surface area contributed by atoms with Gasteiger partial charge in [-0.15, -0.1) is 0 Å². The number of pyridine rings is 1. The third kappa shape index (κ3) is 4.21. The minimum Gasteiger partial charge on any atom is -0.489 e. The average Bonchev–Trinajstić information content (AvgIpc) is 3.11. The van der Waals surface area contributed by atoms with Gasteiger partial charge in [-0.1, -0.05) is 31.2 Å². The van der Waals surface area contributed by atoms with E-state index in [1.165, 1.54) is 0 Å². The largest absolute Gasteiger partial charge is 0.489 e. The molecule has 2 heterocycles. The summed E-state index contributed by atoms with van der Waals surface area (Å²) in [5.41, 5.74) is 7.06. The lowest BCUT2D eigenvalue weighted by atomic mass is 10.0. The van der Waals surface area contributed by atoms with Gasteiger partial charge in [0.1, 0.15) is 23.7 Å². The van der Waals surface area contributed by atoms with Crippen molar-refractivity contribution in [2.24, 2.45) is 0 Å². The zero-order chi connectivity index (χ0) is 22.8. The Balaban J connectivity index is 1.52. The molecule has 6 nitrogen and oxygen atoms in total. The van der Waals surface area contributed by atoms with E-state index < -0.39 is 5.97 Å². The van der Waals surface area contributed by atoms with E-state index >= 15 is 0 Å². The van der Waals surface area contributed by atoms with Gasteiger partial charge >= 0.3 is 5.97 Å². The van der Waals surface area contributed by atoms with Crippen molar-refractivity contribution in [3.8, 4) is 5.75 Å². The first-order valence-electron chi connectivity index (χ1n) is 10.7. The van der Waals surface area contributed by atoms with Crippen molar-refractivity contribution in [3.63, 3.8) is 0 Å². The molecule has 0 aliphatic carbocycles. The predicted molar refractivity (Wildman–Crippen MR) is 124 cm³/mol. The van der Waals surface area contributed by atoms with Crippen LogP contribution in [0.3, 0.4) is 0 Å². The summed E-state index contributed by atoms with van der Waals surface area (Å²) in [6, 6.07) is 15.3. The lowest BCUT2D eigenvalue weighted by molar-refractivity contribution is 0.0696. The van der Waals surface area contributed by atoms with Crippen LogP contribution in [0.2, 0.25) is 0 Å². The Morgan fingerprint density at radius 3 is 2.50 bits per heavy atom. The molecule has 0 saturated carbocycles. The molecule has 4 rings (SSSR count). The van der Waals surface area contributed by atoms with Crippen LogP contribution >= 0.6 is 0 Å². The summed E-state index contributed by atoms with van der Waals surface area (Å²) >= 11 is 0. The van der Waals surface area contributed by atoms with Crippen molar-refractivity contribution in [2.75, 3.05) is 0 Å². The highest BCUT2D eigenvalue weighted by molar-refractivity contribution is 5.89. The SMILES string of the molecule is CCc1nc2c(C)cc(C)nc2n1Cc1ccc(OCc2cccc(C(=O)O)c2C)cc1. The second-order valence-electron chi connectivity index (χ2n) is 8.05. The van der Waals surface area contributed by atoms with Gasteiger partial charge in [0.05, 0.1) is 12.1 Å². The van der Waals surface area contributed by atoms with E-state index in [9.17, 15) is 9.90 Å². The van der Waals surface area contributed by atoms with Crippen molar-refractivity contribution in [1.82, 2.24) is 14.5 Å². The van der Waals surface area contributed by atoms with Crippen LogP contribution in [-0.4, -0.2) is 25.6 Å². The predicted octanol–water partition coefficient (Wildman–Crippen LogP) is 5.24. The summed E-state index contributed by atoms with van der Waals surface area (Å²) in [6.45, 7) is 9.02. The number of carbonyl (C=O) groups is 1. The summed E-state index contributed by atoms with van der Waals surface area (Å²) < 4.78 is 8.11. The molecule has 0 aliphatic heterocycles. The van der Waals surface area contributed by atoms with Gasteiger partial charge in [-0.2, -0.15) is 0 Å². The van der Waals surface area contributed by atoms with Gasteiger partial charge in [0, 0.05) is 12.1 Å². The molecule has 0 atom stereocenters. The first-order valence-corrected chi connectivity index (χ1v) is 10.7. The molecule has 1 N–H and O–H groups in total. The Bertz CT molecular complexity index is 1290. The number of carboxylic acids is 1. The maximum atomic E-state index is 11.3. The summed E-state index contributed by atoms with van der Waals surface area (Å²) in [5, 5.41) is 9.29. The van der Waals surface area contributed by atoms with Gasteiger partial charge in [0.25, 0.3) is 0 Å². The molecule has 0 amide bonds. The van der Waals surface area contributed by atoms with Crippen LogP contribution in [0.15, 0.2) is 48.5 Å². The van der Waals surface area contributed by atoms with Gasteiger partial charge in [-0.25, -0.2) is 14.8 Å². The third-order valence-corrected chi connectivity index (χ3v) is 5.75. The minimum atomic E-state index is -0.924. The highest BCUT2D eigenvalue weighted by Gasteiger charge is 2.14. The van der Waals surface area contributed by atoms with Crippen LogP contribution in [0.25, 0.3) is 11.2 Å². The first kappa shape index (κ1) is 21.6. The molecular weight excluding hydrogens is 402 g/mol. The van der Waals surface area contributed by atoms with Crippen LogP contribution in [0, 0.1) is 20.8 Å². The number of benzene rings is 2. The number of aromatic nitrogens is 3. The van der Waals surface area contributed by atoms with E-state index in [0.717, 1.165) is 57.1 Å². The zero-order valence-corrected chi connectivity index (χ0v) is 18.8. The molecule has 0 saturated heterocycles. The second kappa shape index (κ2) is 8.83. The number of imidazole rings is 1. The molecule has 164 valence electrons. The fourth-order valence-corrected chi connectivity index (χ4v) is 3.99. The molecular formula is C26H27N3O3. The van der Waals surface area contributed by atoms with Crippen molar-refractivity contribution in [3.05, 3.63) is 87.9 Å². The van der Waals surface area contributed by atoms with E-state index in [4.69, 9.17) is 14.7 Å². The highest BCUT2D eigenvalue weighted by Crippen LogP contribution is 2.23. The van der Waals surface area contributed by atoms with Crippen LogP contribution in [0.1, 0.15) is 51.1 Å². The Hall–Kier alpha value is -3.67. The van der Waals surface area contributed by atoms with Gasteiger partial charge in [0.2, 0.25) is 0 Å². The smallest absolute Gasteiger partial charge is 0.335 e. The minimum absolute atomic E-state index is 0.305. The zero-order valence-electron chi connectivity index (χ0n) is 18.8. The molecule has 0 fully saturated rings. The summed E-state index contributed by atoms with van der Waals surface area (Å²) in [5.74, 6) is 0.840. The number of fused-ring (bicyclic) bond motifs is 1. The summed E-state index contributed by atoms with van der Waals surface area (Å²) in [6.07, 6.45) is 0.838. The molecule has 6 heteroatoms. The average molecular weight is 430 g/mol. The quantitative estimate of drug-likeness (QED) is 0.434. The van der Waals surface area contributed by atoms with E-state index in [1.54, 1.807) is 12.1 Å². The lowest BCUT2D eigenvalue weighted by Gasteiger charge is -2.12. The Kier molecular flexibility index (Phi) is 5.95. The normalized spacial score (nSPS) is 11.1. The van der Waals surface area contributed by atoms with E-state index in [2.05, 4.69) is 24.5 Å². The fraction of sp³-hybridized carbons (Fsp3) is 0.269.